The maximum absolute atomic E-state index is 13.5. The van der Waals surface area contributed by atoms with Gasteiger partial charge in [-0.1, -0.05) is 59.1 Å². The lowest BCUT2D eigenvalue weighted by Crippen LogP contribution is -2.39. The Kier molecular flexibility index (Phi) is 8.71. The van der Waals surface area contributed by atoms with Crippen LogP contribution in [0.2, 0.25) is 15.1 Å². The van der Waals surface area contributed by atoms with Gasteiger partial charge in [0.25, 0.3) is 15.9 Å². The lowest BCUT2D eigenvalue weighted by Gasteiger charge is -2.24. The number of carbonyl (C=O) groups is 1. The van der Waals surface area contributed by atoms with Crippen molar-refractivity contribution in [3.8, 4) is 5.69 Å². The van der Waals surface area contributed by atoms with E-state index in [9.17, 15) is 13.2 Å². The fourth-order valence-electron chi connectivity index (χ4n) is 4.06. The van der Waals surface area contributed by atoms with Crippen LogP contribution in [0.1, 0.15) is 22.5 Å². The third kappa shape index (κ3) is 6.31. The molecule has 0 bridgehead atoms. The van der Waals surface area contributed by atoms with Crippen molar-refractivity contribution in [1.82, 2.24) is 9.99 Å². The van der Waals surface area contributed by atoms with Gasteiger partial charge in [0, 0.05) is 27.0 Å². The molecule has 0 saturated heterocycles. The highest BCUT2D eigenvalue weighted by Crippen LogP contribution is 2.29. The summed E-state index contributed by atoms with van der Waals surface area (Å²) < 4.78 is 29.9. The molecule has 1 amide bonds. The van der Waals surface area contributed by atoms with Crippen LogP contribution in [0.4, 0.5) is 5.69 Å². The molecule has 0 spiro atoms. The summed E-state index contributed by atoms with van der Waals surface area (Å²) >= 11 is 18.8. The molecule has 1 heterocycles. The van der Waals surface area contributed by atoms with Gasteiger partial charge in [-0.15, -0.1) is 0 Å². The van der Waals surface area contributed by atoms with E-state index < -0.39 is 22.5 Å². The fourth-order valence-corrected chi connectivity index (χ4v) is 6.03. The molecule has 202 valence electrons. The molecular formula is C28H25Cl3N4O3S. The molecule has 1 N–H and O–H groups in total. The van der Waals surface area contributed by atoms with Crippen LogP contribution in [0.5, 0.6) is 0 Å². The number of benzene rings is 3. The molecule has 7 nitrogen and oxygen atoms in total. The van der Waals surface area contributed by atoms with E-state index in [0.717, 1.165) is 32.5 Å². The van der Waals surface area contributed by atoms with Gasteiger partial charge in [-0.25, -0.2) is 13.8 Å². The van der Waals surface area contributed by atoms with E-state index in [-0.39, 0.29) is 10.6 Å². The molecule has 0 atom stereocenters. The van der Waals surface area contributed by atoms with Gasteiger partial charge in [-0.3, -0.25) is 9.10 Å². The summed E-state index contributed by atoms with van der Waals surface area (Å²) in [5.74, 6) is -0.630. The van der Waals surface area contributed by atoms with Crippen molar-refractivity contribution in [2.75, 3.05) is 10.8 Å². The maximum atomic E-state index is 13.5. The minimum atomic E-state index is -4.07. The van der Waals surface area contributed by atoms with E-state index in [1.54, 1.807) is 55.5 Å². The summed E-state index contributed by atoms with van der Waals surface area (Å²) in [6.07, 6.45) is 1.49. The normalized spacial score (nSPS) is 11.6. The molecular weight excluding hydrogens is 579 g/mol. The highest BCUT2D eigenvalue weighted by Gasteiger charge is 2.27. The molecule has 0 aliphatic carbocycles. The summed E-state index contributed by atoms with van der Waals surface area (Å²) in [7, 11) is -4.07. The molecule has 3 aromatic carbocycles. The lowest BCUT2D eigenvalue weighted by atomic mass is 10.2. The van der Waals surface area contributed by atoms with Crippen LogP contribution in [0.25, 0.3) is 5.69 Å². The van der Waals surface area contributed by atoms with Crippen LogP contribution in [-0.4, -0.2) is 31.7 Å². The number of hydrazone groups is 1. The summed E-state index contributed by atoms with van der Waals surface area (Å²) in [4.78, 5) is 13.0. The molecule has 4 aromatic rings. The first kappa shape index (κ1) is 28.7. The van der Waals surface area contributed by atoms with Crippen LogP contribution in [0, 0.1) is 20.8 Å². The number of hydrogen-bond donors (Lipinski definition) is 1. The van der Waals surface area contributed by atoms with E-state index >= 15 is 0 Å². The number of amides is 1. The first-order valence-corrected chi connectivity index (χ1v) is 14.4. The van der Waals surface area contributed by atoms with Crippen LogP contribution in [0.15, 0.2) is 82.8 Å². The molecule has 39 heavy (non-hydrogen) atoms. The Hall–Kier alpha value is -3.30. The molecule has 1 aromatic heterocycles. The zero-order valence-corrected chi connectivity index (χ0v) is 24.4. The number of aryl methyl sites for hydroxylation is 2. The molecule has 11 heteroatoms. The Bertz CT molecular complexity index is 1670. The van der Waals surface area contributed by atoms with E-state index in [4.69, 9.17) is 34.8 Å². The second-order valence-electron chi connectivity index (χ2n) is 8.81. The predicted octanol–water partition coefficient (Wildman–Crippen LogP) is 6.71. The van der Waals surface area contributed by atoms with Crippen LogP contribution >= 0.6 is 34.8 Å². The third-order valence-electron chi connectivity index (χ3n) is 6.07. The standard InChI is InChI=1S/C28H25Cl3N4O3S/c1-18-9-11-23(15-26(18)31)34(39(37,38)24-7-5-4-6-8-24)17-28(36)33-32-16-21-13-19(2)35(20(21)3)27-14-22(29)10-12-25(27)30/h4-16H,17H2,1-3H3,(H,33,36)/b32-16+. The van der Waals surface area contributed by atoms with Crippen LogP contribution < -0.4 is 9.73 Å². The van der Waals surface area contributed by atoms with Crippen molar-refractivity contribution in [2.24, 2.45) is 5.10 Å². The molecule has 0 aliphatic heterocycles. The number of rotatable bonds is 8. The van der Waals surface area contributed by atoms with Crippen LogP contribution in [-0.2, 0) is 14.8 Å². The van der Waals surface area contributed by atoms with Crippen molar-refractivity contribution < 1.29 is 13.2 Å². The Balaban J connectivity index is 1.58. The number of carbonyl (C=O) groups excluding carboxylic acids is 1. The topological polar surface area (TPSA) is 83.8 Å². The highest BCUT2D eigenvalue weighted by atomic mass is 35.5. The van der Waals surface area contributed by atoms with E-state index in [2.05, 4.69) is 10.5 Å². The summed E-state index contributed by atoms with van der Waals surface area (Å²) in [6, 6.07) is 19.8. The van der Waals surface area contributed by atoms with Crippen LogP contribution in [0.3, 0.4) is 0 Å². The molecule has 0 fully saturated rings. The second kappa shape index (κ2) is 11.8. The van der Waals surface area contributed by atoms with Crippen molar-refractivity contribution in [2.45, 2.75) is 25.7 Å². The van der Waals surface area contributed by atoms with Gasteiger partial charge in [0.2, 0.25) is 0 Å². The number of nitrogens with zero attached hydrogens (tertiary/aromatic N) is 3. The largest absolute Gasteiger partial charge is 0.316 e. The number of nitrogens with one attached hydrogen (secondary N) is 1. The average Bonchev–Trinajstić information content (AvgIpc) is 3.18. The second-order valence-corrected chi connectivity index (χ2v) is 11.9. The number of sulfonamides is 1. The van der Waals surface area contributed by atoms with Crippen molar-refractivity contribution in [3.63, 3.8) is 0 Å². The van der Waals surface area contributed by atoms with Gasteiger partial charge < -0.3 is 4.57 Å². The van der Waals surface area contributed by atoms with Crippen molar-refractivity contribution in [3.05, 3.63) is 110 Å². The Morgan fingerprint density at radius 1 is 0.949 bits per heavy atom. The summed E-state index contributed by atoms with van der Waals surface area (Å²) in [5, 5.41) is 5.55. The molecule has 0 saturated carbocycles. The molecule has 4 rings (SSSR count). The number of halogens is 3. The first-order chi connectivity index (χ1) is 18.5. The maximum Gasteiger partial charge on any atom is 0.264 e. The first-order valence-electron chi connectivity index (χ1n) is 11.8. The number of aromatic nitrogens is 1. The van der Waals surface area contributed by atoms with Gasteiger partial charge in [0.05, 0.1) is 27.5 Å². The SMILES string of the molecule is Cc1ccc(N(CC(=O)N/N=C/c2cc(C)n(-c3cc(Cl)ccc3Cl)c2C)S(=O)(=O)c2ccccc2)cc1Cl. The minimum absolute atomic E-state index is 0.0464. The Morgan fingerprint density at radius 3 is 2.36 bits per heavy atom. The molecule has 0 unspecified atom stereocenters. The number of hydrogen-bond acceptors (Lipinski definition) is 4. The molecule has 0 aliphatic rings. The average molecular weight is 604 g/mol. The van der Waals surface area contributed by atoms with Gasteiger partial charge in [0.15, 0.2) is 0 Å². The Morgan fingerprint density at radius 2 is 1.67 bits per heavy atom. The fraction of sp³-hybridized carbons (Fsp3) is 0.143. The monoisotopic (exact) mass is 602 g/mol. The quantitative estimate of drug-likeness (QED) is 0.180. The highest BCUT2D eigenvalue weighted by molar-refractivity contribution is 7.92. The van der Waals surface area contributed by atoms with Gasteiger partial charge in [0.1, 0.15) is 6.54 Å². The zero-order valence-electron chi connectivity index (χ0n) is 21.3. The predicted molar refractivity (Wildman–Crippen MR) is 158 cm³/mol. The van der Waals surface area contributed by atoms with Crippen molar-refractivity contribution in [1.29, 1.82) is 0 Å². The summed E-state index contributed by atoms with van der Waals surface area (Å²) in [5.41, 5.74) is 6.66. The Labute approximate surface area is 242 Å². The molecule has 0 radical (unpaired) electrons. The number of anilines is 1. The van der Waals surface area contributed by atoms with Gasteiger partial charge in [-0.05, 0) is 74.9 Å². The minimum Gasteiger partial charge on any atom is -0.316 e. The third-order valence-corrected chi connectivity index (χ3v) is 8.82. The van der Waals surface area contributed by atoms with Gasteiger partial charge >= 0.3 is 0 Å². The smallest absolute Gasteiger partial charge is 0.264 e. The summed E-state index contributed by atoms with van der Waals surface area (Å²) in [6.45, 7) is 5.11. The van der Waals surface area contributed by atoms with E-state index in [0.29, 0.717) is 15.1 Å². The van der Waals surface area contributed by atoms with E-state index in [1.165, 1.54) is 24.4 Å². The van der Waals surface area contributed by atoms with E-state index in [1.807, 2.05) is 24.5 Å². The van der Waals surface area contributed by atoms with Crippen molar-refractivity contribution >= 4 is 62.6 Å². The zero-order chi connectivity index (χ0) is 28.3. The van der Waals surface area contributed by atoms with Gasteiger partial charge in [-0.2, -0.15) is 5.10 Å². The lowest BCUT2D eigenvalue weighted by molar-refractivity contribution is -0.119.